The fourth-order valence-electron chi connectivity index (χ4n) is 1.52. The summed E-state index contributed by atoms with van der Waals surface area (Å²) in [5.74, 6) is 2.60. The Balaban J connectivity index is 2.11. The molecule has 1 saturated carbocycles. The van der Waals surface area contributed by atoms with Gasteiger partial charge in [0.25, 0.3) is 0 Å². The van der Waals surface area contributed by atoms with Crippen molar-refractivity contribution < 1.29 is 0 Å². The number of hydrogen-bond donors (Lipinski definition) is 1. The van der Waals surface area contributed by atoms with Crippen LogP contribution in [0.25, 0.3) is 0 Å². The van der Waals surface area contributed by atoms with E-state index in [4.69, 9.17) is 0 Å². The Morgan fingerprint density at radius 3 is 3.00 bits per heavy atom. The first-order chi connectivity index (χ1) is 6.40. The van der Waals surface area contributed by atoms with Crippen LogP contribution in [0.1, 0.15) is 37.9 Å². The van der Waals surface area contributed by atoms with Gasteiger partial charge in [0.2, 0.25) is 0 Å². The fraction of sp³-hybridized carbons (Fsp3) is 0.600. The number of nitrogens with zero attached hydrogens (tertiary/aromatic N) is 2. The summed E-state index contributed by atoms with van der Waals surface area (Å²) in [7, 11) is 0. The quantitative estimate of drug-likeness (QED) is 0.769. The average molecular weight is 177 g/mol. The molecule has 2 rings (SSSR count). The largest absolute Gasteiger partial charge is 0.370 e. The fourth-order valence-corrected chi connectivity index (χ4v) is 1.52. The normalized spacial score (nSPS) is 16.7. The highest BCUT2D eigenvalue weighted by atomic mass is 15.0. The summed E-state index contributed by atoms with van der Waals surface area (Å²) >= 11 is 0. The van der Waals surface area contributed by atoms with Crippen molar-refractivity contribution in [2.75, 3.05) is 11.9 Å². The van der Waals surface area contributed by atoms with Crippen LogP contribution in [0.4, 0.5) is 5.82 Å². The van der Waals surface area contributed by atoms with Gasteiger partial charge in [0.05, 0.1) is 0 Å². The zero-order valence-corrected chi connectivity index (χ0v) is 7.95. The molecule has 1 N–H and O–H groups in total. The molecule has 0 radical (unpaired) electrons. The molecule has 3 heteroatoms. The average Bonchev–Trinajstić information content (AvgIpc) is 2.02. The maximum Gasteiger partial charge on any atom is 0.133 e. The van der Waals surface area contributed by atoms with Gasteiger partial charge >= 0.3 is 0 Å². The summed E-state index contributed by atoms with van der Waals surface area (Å²) in [6.45, 7) is 2.99. The van der Waals surface area contributed by atoms with Crippen LogP contribution >= 0.6 is 0 Å². The maximum absolute atomic E-state index is 4.46. The van der Waals surface area contributed by atoms with Gasteiger partial charge in [-0.3, -0.25) is 0 Å². The molecule has 1 aromatic heterocycles. The van der Waals surface area contributed by atoms with Gasteiger partial charge in [-0.15, -0.1) is 0 Å². The maximum atomic E-state index is 4.46. The highest BCUT2D eigenvalue weighted by molar-refractivity contribution is 5.33. The van der Waals surface area contributed by atoms with E-state index in [1.54, 1.807) is 0 Å². The molecule has 1 fully saturated rings. The lowest BCUT2D eigenvalue weighted by molar-refractivity contribution is 0.401. The monoisotopic (exact) mass is 177 g/mol. The summed E-state index contributed by atoms with van der Waals surface area (Å²) in [5, 5.41) is 3.20. The van der Waals surface area contributed by atoms with Gasteiger partial charge in [-0.25, -0.2) is 9.97 Å². The molecular weight excluding hydrogens is 162 g/mol. The SMILES string of the molecule is CCNc1ccnc(C2CCC2)n1. The smallest absolute Gasteiger partial charge is 0.133 e. The summed E-state index contributed by atoms with van der Waals surface area (Å²) in [5.41, 5.74) is 0. The molecule has 13 heavy (non-hydrogen) atoms. The number of hydrogen-bond acceptors (Lipinski definition) is 3. The van der Waals surface area contributed by atoms with Crippen molar-refractivity contribution in [2.24, 2.45) is 0 Å². The second kappa shape index (κ2) is 3.73. The van der Waals surface area contributed by atoms with Gasteiger partial charge in [0, 0.05) is 18.7 Å². The van der Waals surface area contributed by atoms with E-state index < -0.39 is 0 Å². The second-order valence-corrected chi connectivity index (χ2v) is 3.46. The Kier molecular flexibility index (Phi) is 2.43. The summed E-state index contributed by atoms with van der Waals surface area (Å²) in [6.07, 6.45) is 5.70. The van der Waals surface area contributed by atoms with E-state index in [9.17, 15) is 0 Å². The first kappa shape index (κ1) is 8.48. The first-order valence-electron chi connectivity index (χ1n) is 4.97. The molecule has 0 spiro atoms. The minimum atomic E-state index is 0.624. The molecule has 0 amide bonds. The number of nitrogens with one attached hydrogen (secondary N) is 1. The molecular formula is C10H15N3. The van der Waals surface area contributed by atoms with Crippen molar-refractivity contribution in [1.82, 2.24) is 9.97 Å². The van der Waals surface area contributed by atoms with Gasteiger partial charge < -0.3 is 5.32 Å². The molecule has 1 aliphatic carbocycles. The van der Waals surface area contributed by atoms with Crippen LogP contribution in [0.3, 0.4) is 0 Å². The van der Waals surface area contributed by atoms with E-state index in [-0.39, 0.29) is 0 Å². The van der Waals surface area contributed by atoms with Gasteiger partial charge in [-0.2, -0.15) is 0 Å². The van der Waals surface area contributed by atoms with Crippen LogP contribution in [-0.4, -0.2) is 16.5 Å². The van der Waals surface area contributed by atoms with Crippen LogP contribution in [0, 0.1) is 0 Å². The molecule has 0 bridgehead atoms. The van der Waals surface area contributed by atoms with E-state index in [0.717, 1.165) is 18.2 Å². The van der Waals surface area contributed by atoms with Crippen molar-refractivity contribution in [2.45, 2.75) is 32.1 Å². The molecule has 0 aromatic carbocycles. The number of rotatable bonds is 3. The van der Waals surface area contributed by atoms with E-state index in [1.165, 1.54) is 19.3 Å². The van der Waals surface area contributed by atoms with Crippen LogP contribution in [0.2, 0.25) is 0 Å². The highest BCUT2D eigenvalue weighted by Crippen LogP contribution is 2.34. The van der Waals surface area contributed by atoms with E-state index in [1.807, 2.05) is 12.3 Å². The third-order valence-electron chi connectivity index (χ3n) is 2.50. The van der Waals surface area contributed by atoms with Crippen molar-refractivity contribution in [3.05, 3.63) is 18.1 Å². The summed E-state index contributed by atoms with van der Waals surface area (Å²) < 4.78 is 0. The third kappa shape index (κ3) is 1.79. The van der Waals surface area contributed by atoms with Gasteiger partial charge in [0.1, 0.15) is 11.6 Å². The van der Waals surface area contributed by atoms with Crippen molar-refractivity contribution in [1.29, 1.82) is 0 Å². The predicted octanol–water partition coefficient (Wildman–Crippen LogP) is 2.18. The third-order valence-corrected chi connectivity index (χ3v) is 2.50. The Morgan fingerprint density at radius 1 is 1.54 bits per heavy atom. The second-order valence-electron chi connectivity index (χ2n) is 3.46. The summed E-state index contributed by atoms with van der Waals surface area (Å²) in [4.78, 5) is 8.75. The molecule has 0 aliphatic heterocycles. The molecule has 0 atom stereocenters. The molecule has 1 aliphatic rings. The van der Waals surface area contributed by atoms with E-state index in [0.29, 0.717) is 5.92 Å². The zero-order chi connectivity index (χ0) is 9.10. The van der Waals surface area contributed by atoms with E-state index in [2.05, 4.69) is 22.2 Å². The number of anilines is 1. The Bertz CT molecular complexity index is 281. The van der Waals surface area contributed by atoms with Crippen LogP contribution in [0.5, 0.6) is 0 Å². The molecule has 0 saturated heterocycles. The lowest BCUT2D eigenvalue weighted by Crippen LogP contribution is -2.13. The van der Waals surface area contributed by atoms with Crippen molar-refractivity contribution in [3.63, 3.8) is 0 Å². The molecule has 3 nitrogen and oxygen atoms in total. The van der Waals surface area contributed by atoms with Gasteiger partial charge in [-0.05, 0) is 25.8 Å². The molecule has 0 unspecified atom stereocenters. The highest BCUT2D eigenvalue weighted by Gasteiger charge is 2.21. The lowest BCUT2D eigenvalue weighted by atomic mass is 9.85. The first-order valence-corrected chi connectivity index (χ1v) is 4.97. The molecule has 70 valence electrons. The Hall–Kier alpha value is -1.12. The Morgan fingerprint density at radius 2 is 2.38 bits per heavy atom. The lowest BCUT2D eigenvalue weighted by Gasteiger charge is -2.23. The van der Waals surface area contributed by atoms with Gasteiger partial charge in [-0.1, -0.05) is 6.42 Å². The summed E-state index contributed by atoms with van der Waals surface area (Å²) in [6, 6.07) is 1.92. The van der Waals surface area contributed by atoms with Crippen LogP contribution in [-0.2, 0) is 0 Å². The minimum Gasteiger partial charge on any atom is -0.370 e. The zero-order valence-electron chi connectivity index (χ0n) is 7.95. The van der Waals surface area contributed by atoms with E-state index >= 15 is 0 Å². The number of aromatic nitrogens is 2. The topological polar surface area (TPSA) is 37.8 Å². The predicted molar refractivity (Wildman–Crippen MR) is 52.8 cm³/mol. The van der Waals surface area contributed by atoms with Crippen molar-refractivity contribution in [3.8, 4) is 0 Å². The van der Waals surface area contributed by atoms with Gasteiger partial charge in [0.15, 0.2) is 0 Å². The standard InChI is InChI=1S/C10H15N3/c1-2-11-9-6-7-12-10(13-9)8-4-3-5-8/h6-8H,2-5H2,1H3,(H,11,12,13). The molecule has 1 aromatic rings. The van der Waals surface area contributed by atoms with Crippen LogP contribution < -0.4 is 5.32 Å². The van der Waals surface area contributed by atoms with Crippen LogP contribution in [0.15, 0.2) is 12.3 Å². The van der Waals surface area contributed by atoms with Crippen molar-refractivity contribution >= 4 is 5.82 Å². The minimum absolute atomic E-state index is 0.624. The Labute approximate surface area is 78.6 Å². The molecule has 1 heterocycles.